The van der Waals surface area contributed by atoms with E-state index in [1.54, 1.807) is 0 Å². The van der Waals surface area contributed by atoms with Gasteiger partial charge in [0.1, 0.15) is 0 Å². The van der Waals surface area contributed by atoms with Crippen molar-refractivity contribution in [2.75, 3.05) is 0 Å². The lowest BCUT2D eigenvalue weighted by Gasteiger charge is -2.20. The molecule has 0 saturated carbocycles. The second-order valence-corrected chi connectivity index (χ2v) is 3.67. The first-order chi connectivity index (χ1) is 6.02. The van der Waals surface area contributed by atoms with Crippen LogP contribution >= 0.6 is 0 Å². The lowest BCUT2D eigenvalue weighted by atomic mass is 10.0. The Balaban J connectivity index is 3.98. The van der Waals surface area contributed by atoms with Crippen LogP contribution in [0, 0.1) is 5.92 Å². The van der Waals surface area contributed by atoms with E-state index < -0.39 is 0 Å². The average molecular weight is 186 g/mol. The highest BCUT2D eigenvalue weighted by atomic mass is 16.1. The summed E-state index contributed by atoms with van der Waals surface area (Å²) in [5.41, 5.74) is 5.63. The topological polar surface area (TPSA) is 55.1 Å². The first kappa shape index (κ1) is 12.4. The van der Waals surface area contributed by atoms with E-state index in [0.29, 0.717) is 6.04 Å². The van der Waals surface area contributed by atoms with Crippen LogP contribution in [0.2, 0.25) is 0 Å². The van der Waals surface area contributed by atoms with Crippen LogP contribution in [0.1, 0.15) is 40.5 Å². The molecule has 1 amide bonds. The monoisotopic (exact) mass is 186 g/mol. The molecule has 2 unspecified atom stereocenters. The zero-order valence-electron chi connectivity index (χ0n) is 9.13. The van der Waals surface area contributed by atoms with E-state index >= 15 is 0 Å². The van der Waals surface area contributed by atoms with Gasteiger partial charge in [-0.15, -0.1) is 0 Å². The summed E-state index contributed by atoms with van der Waals surface area (Å²) in [6.07, 6.45) is 1.96. The van der Waals surface area contributed by atoms with E-state index in [0.717, 1.165) is 12.8 Å². The Hall–Kier alpha value is -0.570. The van der Waals surface area contributed by atoms with Crippen molar-refractivity contribution in [3.63, 3.8) is 0 Å². The Bertz CT molecular complexity index is 153. The standard InChI is InChI=1S/C10H22N2O/c1-5-9(6-2)12-10(13)7(3)8(4)11/h7-9H,5-6,11H2,1-4H3,(H,12,13). The molecule has 0 saturated heterocycles. The highest BCUT2D eigenvalue weighted by Crippen LogP contribution is 2.03. The van der Waals surface area contributed by atoms with Crippen molar-refractivity contribution in [3.05, 3.63) is 0 Å². The minimum Gasteiger partial charge on any atom is -0.353 e. The van der Waals surface area contributed by atoms with Crippen molar-refractivity contribution >= 4 is 5.91 Å². The van der Waals surface area contributed by atoms with Gasteiger partial charge >= 0.3 is 0 Å². The number of rotatable bonds is 5. The Labute approximate surface area is 81.1 Å². The number of carbonyl (C=O) groups excluding carboxylic acids is 1. The van der Waals surface area contributed by atoms with Crippen molar-refractivity contribution < 1.29 is 4.79 Å². The summed E-state index contributed by atoms with van der Waals surface area (Å²) in [5.74, 6) is -0.0238. The van der Waals surface area contributed by atoms with Crippen LogP contribution in [0.5, 0.6) is 0 Å². The van der Waals surface area contributed by atoms with Gasteiger partial charge in [-0.25, -0.2) is 0 Å². The number of nitrogens with two attached hydrogens (primary N) is 1. The largest absolute Gasteiger partial charge is 0.353 e. The van der Waals surface area contributed by atoms with Gasteiger partial charge in [-0.2, -0.15) is 0 Å². The van der Waals surface area contributed by atoms with Gasteiger partial charge in [0.2, 0.25) is 5.91 Å². The molecule has 0 spiro atoms. The van der Waals surface area contributed by atoms with Gasteiger partial charge in [0.25, 0.3) is 0 Å². The fraction of sp³-hybridized carbons (Fsp3) is 0.900. The van der Waals surface area contributed by atoms with Crippen LogP contribution in [0.4, 0.5) is 0 Å². The van der Waals surface area contributed by atoms with Gasteiger partial charge in [-0.1, -0.05) is 20.8 Å². The molecule has 0 aromatic rings. The normalized spacial score (nSPS) is 15.5. The van der Waals surface area contributed by atoms with Gasteiger partial charge in [0.15, 0.2) is 0 Å². The summed E-state index contributed by atoms with van der Waals surface area (Å²) in [4.78, 5) is 11.5. The molecule has 3 N–H and O–H groups in total. The molecule has 0 radical (unpaired) electrons. The quantitative estimate of drug-likeness (QED) is 0.679. The van der Waals surface area contributed by atoms with Crippen LogP contribution in [0.3, 0.4) is 0 Å². The molecule has 0 aliphatic carbocycles. The highest BCUT2D eigenvalue weighted by Gasteiger charge is 2.18. The van der Waals surface area contributed by atoms with Crippen molar-refractivity contribution in [1.29, 1.82) is 0 Å². The molecule has 0 aromatic heterocycles. The molecule has 0 fully saturated rings. The van der Waals surface area contributed by atoms with Crippen LogP contribution < -0.4 is 11.1 Å². The van der Waals surface area contributed by atoms with E-state index in [2.05, 4.69) is 19.2 Å². The summed E-state index contributed by atoms with van der Waals surface area (Å²) in [6.45, 7) is 7.87. The van der Waals surface area contributed by atoms with Gasteiger partial charge in [-0.3, -0.25) is 4.79 Å². The van der Waals surface area contributed by atoms with Crippen molar-refractivity contribution in [2.24, 2.45) is 11.7 Å². The minimum atomic E-state index is -0.0967. The molecule has 0 aliphatic heterocycles. The van der Waals surface area contributed by atoms with Crippen LogP contribution in [-0.4, -0.2) is 18.0 Å². The summed E-state index contributed by atoms with van der Waals surface area (Å²) in [7, 11) is 0. The maximum Gasteiger partial charge on any atom is 0.224 e. The van der Waals surface area contributed by atoms with Crippen LogP contribution in [0.25, 0.3) is 0 Å². The number of amides is 1. The third-order valence-electron chi connectivity index (χ3n) is 2.53. The number of carbonyl (C=O) groups is 1. The molecule has 3 heteroatoms. The molecule has 0 heterocycles. The molecule has 0 aliphatic rings. The van der Waals surface area contributed by atoms with Crippen LogP contribution in [0.15, 0.2) is 0 Å². The Kier molecular flexibility index (Phi) is 5.71. The predicted molar refractivity (Wildman–Crippen MR) is 55.3 cm³/mol. The zero-order valence-corrected chi connectivity index (χ0v) is 9.13. The summed E-state index contributed by atoms with van der Waals surface area (Å²) in [6, 6.07) is 0.225. The average Bonchev–Trinajstić information content (AvgIpc) is 2.12. The fourth-order valence-corrected chi connectivity index (χ4v) is 1.06. The number of nitrogens with one attached hydrogen (secondary N) is 1. The Morgan fingerprint density at radius 2 is 1.77 bits per heavy atom. The van der Waals surface area contributed by atoms with Gasteiger partial charge in [0.05, 0.1) is 0 Å². The maximum atomic E-state index is 11.5. The highest BCUT2D eigenvalue weighted by molar-refractivity contribution is 5.79. The second kappa shape index (κ2) is 5.97. The maximum absolute atomic E-state index is 11.5. The lowest BCUT2D eigenvalue weighted by molar-refractivity contribution is -0.125. The van der Waals surface area contributed by atoms with E-state index in [9.17, 15) is 4.79 Å². The van der Waals surface area contributed by atoms with Crippen LogP contribution in [-0.2, 0) is 4.79 Å². The van der Waals surface area contributed by atoms with E-state index in [1.165, 1.54) is 0 Å². The van der Waals surface area contributed by atoms with E-state index in [4.69, 9.17) is 5.73 Å². The molecule has 0 rings (SSSR count). The fourth-order valence-electron chi connectivity index (χ4n) is 1.06. The van der Waals surface area contributed by atoms with E-state index in [-0.39, 0.29) is 17.9 Å². The first-order valence-corrected chi connectivity index (χ1v) is 5.08. The van der Waals surface area contributed by atoms with Crippen molar-refractivity contribution in [3.8, 4) is 0 Å². The lowest BCUT2D eigenvalue weighted by Crippen LogP contribution is -2.42. The molecule has 2 atom stereocenters. The summed E-state index contributed by atoms with van der Waals surface area (Å²) < 4.78 is 0. The zero-order chi connectivity index (χ0) is 10.4. The van der Waals surface area contributed by atoms with Crippen molar-refractivity contribution in [2.45, 2.75) is 52.6 Å². The first-order valence-electron chi connectivity index (χ1n) is 5.08. The Morgan fingerprint density at radius 3 is 2.08 bits per heavy atom. The molecule has 3 nitrogen and oxygen atoms in total. The third kappa shape index (κ3) is 4.27. The van der Waals surface area contributed by atoms with Crippen molar-refractivity contribution in [1.82, 2.24) is 5.32 Å². The predicted octanol–water partition coefficient (Wildman–Crippen LogP) is 1.27. The summed E-state index contributed by atoms with van der Waals surface area (Å²) in [5, 5.41) is 2.98. The molecule has 0 bridgehead atoms. The van der Waals surface area contributed by atoms with Gasteiger partial charge in [0, 0.05) is 18.0 Å². The minimum absolute atomic E-state index is 0.0729. The molecule has 78 valence electrons. The van der Waals surface area contributed by atoms with E-state index in [1.807, 2.05) is 13.8 Å². The summed E-state index contributed by atoms with van der Waals surface area (Å²) >= 11 is 0. The third-order valence-corrected chi connectivity index (χ3v) is 2.53. The molecule has 13 heavy (non-hydrogen) atoms. The smallest absolute Gasteiger partial charge is 0.224 e. The SMILES string of the molecule is CCC(CC)NC(=O)C(C)C(C)N. The Morgan fingerprint density at radius 1 is 1.31 bits per heavy atom. The second-order valence-electron chi connectivity index (χ2n) is 3.67. The van der Waals surface area contributed by atoms with Gasteiger partial charge in [-0.05, 0) is 19.8 Å². The molecule has 0 aromatic carbocycles. The number of hydrogen-bond acceptors (Lipinski definition) is 2. The number of hydrogen-bond donors (Lipinski definition) is 2. The molecular formula is C10H22N2O. The van der Waals surface area contributed by atoms with Gasteiger partial charge < -0.3 is 11.1 Å². The molecular weight excluding hydrogens is 164 g/mol.